The average Bonchev–Trinajstić information content (AvgIpc) is 3.01. The van der Waals surface area contributed by atoms with Crippen molar-refractivity contribution >= 4 is 28.4 Å². The van der Waals surface area contributed by atoms with Gasteiger partial charge in [-0.15, -0.1) is 0 Å². The van der Waals surface area contributed by atoms with Crippen LogP contribution in [0.15, 0.2) is 34.6 Å². The SMILES string of the molecule is COc1ccc(OC)c(C=Cc2cc(=O)n3ncsc3n2)c1. The van der Waals surface area contributed by atoms with Crippen LogP contribution in [-0.4, -0.2) is 28.8 Å². The zero-order valence-corrected chi connectivity index (χ0v) is 12.8. The maximum Gasteiger partial charge on any atom is 0.275 e. The van der Waals surface area contributed by atoms with E-state index < -0.39 is 0 Å². The molecule has 0 saturated carbocycles. The lowest BCUT2D eigenvalue weighted by molar-refractivity contribution is 0.402. The van der Waals surface area contributed by atoms with Gasteiger partial charge in [-0.05, 0) is 30.4 Å². The second-order valence-corrected chi connectivity index (χ2v) is 5.21. The average molecular weight is 315 g/mol. The summed E-state index contributed by atoms with van der Waals surface area (Å²) in [6, 6.07) is 6.95. The zero-order valence-electron chi connectivity index (χ0n) is 12.0. The third kappa shape index (κ3) is 2.71. The first-order valence-electron chi connectivity index (χ1n) is 6.45. The number of hydrogen-bond donors (Lipinski definition) is 0. The number of benzene rings is 1. The maximum atomic E-state index is 11.9. The standard InChI is InChI=1S/C15H13N3O3S/c1-20-12-5-6-13(21-2)10(7-12)3-4-11-8-14(19)18-15(17-11)22-9-16-18/h3-9H,1-2H3. The minimum absolute atomic E-state index is 0.205. The molecule has 0 aliphatic carbocycles. The van der Waals surface area contributed by atoms with E-state index in [-0.39, 0.29) is 5.56 Å². The number of nitrogens with zero attached hydrogens (tertiary/aromatic N) is 3. The van der Waals surface area contributed by atoms with E-state index in [0.717, 1.165) is 11.3 Å². The molecule has 3 rings (SSSR count). The van der Waals surface area contributed by atoms with Crippen LogP contribution in [-0.2, 0) is 0 Å². The van der Waals surface area contributed by atoms with Crippen LogP contribution in [0.25, 0.3) is 17.1 Å². The Morgan fingerprint density at radius 3 is 2.82 bits per heavy atom. The molecular formula is C15H13N3O3S. The second kappa shape index (κ2) is 5.98. The summed E-state index contributed by atoms with van der Waals surface area (Å²) in [5.41, 5.74) is 2.79. The van der Waals surface area contributed by atoms with Gasteiger partial charge >= 0.3 is 0 Å². The van der Waals surface area contributed by atoms with Crippen LogP contribution in [0.3, 0.4) is 0 Å². The van der Waals surface area contributed by atoms with E-state index in [1.807, 2.05) is 24.3 Å². The highest BCUT2D eigenvalue weighted by atomic mass is 32.1. The van der Waals surface area contributed by atoms with Gasteiger partial charge in [0.15, 0.2) is 0 Å². The lowest BCUT2D eigenvalue weighted by Gasteiger charge is -2.07. The van der Waals surface area contributed by atoms with Gasteiger partial charge in [0.25, 0.3) is 5.56 Å². The molecule has 6 nitrogen and oxygen atoms in total. The molecule has 0 spiro atoms. The number of methoxy groups -OCH3 is 2. The third-order valence-electron chi connectivity index (χ3n) is 3.08. The summed E-state index contributed by atoms with van der Waals surface area (Å²) in [5, 5.41) is 3.93. The molecule has 22 heavy (non-hydrogen) atoms. The van der Waals surface area contributed by atoms with E-state index in [4.69, 9.17) is 9.47 Å². The Bertz CT molecular complexity index is 898. The second-order valence-electron chi connectivity index (χ2n) is 4.39. The summed E-state index contributed by atoms with van der Waals surface area (Å²) in [6.45, 7) is 0. The molecule has 2 heterocycles. The lowest BCUT2D eigenvalue weighted by atomic mass is 10.1. The van der Waals surface area contributed by atoms with Crippen LogP contribution in [0.2, 0.25) is 0 Å². The number of fused-ring (bicyclic) bond motifs is 1. The van der Waals surface area contributed by atoms with Crippen molar-refractivity contribution in [2.24, 2.45) is 0 Å². The van der Waals surface area contributed by atoms with Gasteiger partial charge in [-0.25, -0.2) is 4.98 Å². The number of aromatic nitrogens is 3. The van der Waals surface area contributed by atoms with E-state index >= 15 is 0 Å². The summed E-state index contributed by atoms with van der Waals surface area (Å²) in [6.07, 6.45) is 3.60. The summed E-state index contributed by atoms with van der Waals surface area (Å²) in [7, 11) is 3.21. The highest BCUT2D eigenvalue weighted by Crippen LogP contribution is 2.25. The predicted octanol–water partition coefficient (Wildman–Crippen LogP) is 2.34. The molecule has 0 radical (unpaired) electrons. The van der Waals surface area contributed by atoms with E-state index in [1.54, 1.807) is 25.8 Å². The molecule has 0 fully saturated rings. The summed E-state index contributed by atoms with van der Waals surface area (Å²) >= 11 is 1.31. The van der Waals surface area contributed by atoms with Crippen molar-refractivity contribution in [2.75, 3.05) is 14.2 Å². The smallest absolute Gasteiger partial charge is 0.275 e. The third-order valence-corrected chi connectivity index (χ3v) is 3.75. The normalized spacial score (nSPS) is 11.2. The van der Waals surface area contributed by atoms with E-state index in [2.05, 4.69) is 10.1 Å². The van der Waals surface area contributed by atoms with Crippen LogP contribution in [0.5, 0.6) is 11.5 Å². The van der Waals surface area contributed by atoms with Crippen molar-refractivity contribution in [3.8, 4) is 11.5 Å². The van der Waals surface area contributed by atoms with Gasteiger partial charge in [0.1, 0.15) is 17.0 Å². The molecular weight excluding hydrogens is 302 g/mol. The first-order valence-corrected chi connectivity index (χ1v) is 7.33. The Morgan fingerprint density at radius 1 is 1.18 bits per heavy atom. The van der Waals surface area contributed by atoms with Gasteiger partial charge in [-0.1, -0.05) is 11.3 Å². The molecule has 0 N–H and O–H groups in total. The molecule has 1 aromatic carbocycles. The Morgan fingerprint density at radius 2 is 2.05 bits per heavy atom. The quantitative estimate of drug-likeness (QED) is 0.739. The lowest BCUT2D eigenvalue weighted by Crippen LogP contribution is -2.13. The molecule has 0 bridgehead atoms. The van der Waals surface area contributed by atoms with Crippen LogP contribution < -0.4 is 15.0 Å². The first kappa shape index (κ1) is 14.3. The Hall–Kier alpha value is -2.67. The zero-order chi connectivity index (χ0) is 15.5. The van der Waals surface area contributed by atoms with E-state index in [1.165, 1.54) is 21.9 Å². The molecule has 2 aromatic heterocycles. The van der Waals surface area contributed by atoms with Crippen molar-refractivity contribution < 1.29 is 9.47 Å². The molecule has 3 aromatic rings. The monoisotopic (exact) mass is 315 g/mol. The molecule has 0 aliphatic rings. The summed E-state index contributed by atoms with van der Waals surface area (Å²) in [4.78, 5) is 16.8. The van der Waals surface area contributed by atoms with Crippen LogP contribution in [0, 0.1) is 0 Å². The number of rotatable bonds is 4. The maximum absolute atomic E-state index is 11.9. The van der Waals surface area contributed by atoms with Gasteiger partial charge in [0.05, 0.1) is 19.9 Å². The largest absolute Gasteiger partial charge is 0.497 e. The molecule has 0 atom stereocenters. The molecule has 0 aliphatic heterocycles. The minimum Gasteiger partial charge on any atom is -0.497 e. The van der Waals surface area contributed by atoms with Gasteiger partial charge in [-0.3, -0.25) is 4.79 Å². The first-order chi connectivity index (χ1) is 10.7. The summed E-state index contributed by atoms with van der Waals surface area (Å²) in [5.74, 6) is 1.44. The van der Waals surface area contributed by atoms with E-state index in [0.29, 0.717) is 16.4 Å². The molecule has 0 amide bonds. The minimum atomic E-state index is -0.205. The fourth-order valence-corrected chi connectivity index (χ4v) is 2.63. The van der Waals surface area contributed by atoms with Gasteiger partial charge in [0, 0.05) is 11.6 Å². The van der Waals surface area contributed by atoms with Crippen LogP contribution in [0.1, 0.15) is 11.3 Å². The summed E-state index contributed by atoms with van der Waals surface area (Å²) < 4.78 is 11.8. The van der Waals surface area contributed by atoms with Crippen LogP contribution in [0.4, 0.5) is 0 Å². The molecule has 0 unspecified atom stereocenters. The van der Waals surface area contributed by atoms with Gasteiger partial charge < -0.3 is 9.47 Å². The fraction of sp³-hybridized carbons (Fsp3) is 0.133. The van der Waals surface area contributed by atoms with Crippen molar-refractivity contribution in [2.45, 2.75) is 0 Å². The molecule has 112 valence electrons. The van der Waals surface area contributed by atoms with Gasteiger partial charge in [-0.2, -0.15) is 9.61 Å². The Labute approximate surface area is 130 Å². The van der Waals surface area contributed by atoms with E-state index in [9.17, 15) is 4.79 Å². The highest BCUT2D eigenvalue weighted by Gasteiger charge is 2.04. The Kier molecular flexibility index (Phi) is 3.88. The van der Waals surface area contributed by atoms with Crippen LogP contribution >= 0.6 is 11.3 Å². The van der Waals surface area contributed by atoms with Crippen molar-refractivity contribution in [3.05, 3.63) is 51.4 Å². The van der Waals surface area contributed by atoms with Crippen molar-refractivity contribution in [3.63, 3.8) is 0 Å². The van der Waals surface area contributed by atoms with Crippen molar-refractivity contribution in [1.82, 2.24) is 14.6 Å². The number of ether oxygens (including phenoxy) is 2. The fourth-order valence-electron chi connectivity index (χ4n) is 2.00. The number of hydrogen-bond acceptors (Lipinski definition) is 6. The van der Waals surface area contributed by atoms with Crippen molar-refractivity contribution in [1.29, 1.82) is 0 Å². The topological polar surface area (TPSA) is 65.7 Å². The highest BCUT2D eigenvalue weighted by molar-refractivity contribution is 7.14. The predicted molar refractivity (Wildman–Crippen MR) is 85.6 cm³/mol. The molecule has 7 heteroatoms. The van der Waals surface area contributed by atoms with Gasteiger partial charge in [0.2, 0.25) is 4.96 Å². The Balaban J connectivity index is 2.00. The molecule has 0 saturated heterocycles.